The molecule has 23 heteroatoms. The van der Waals surface area contributed by atoms with Crippen LogP contribution >= 0.6 is 0 Å². The van der Waals surface area contributed by atoms with Gasteiger partial charge >= 0.3 is 18.0 Å². The number of aliphatic hydroxyl groups is 3. The minimum atomic E-state index is -2.01. The molecule has 2 heterocycles. The van der Waals surface area contributed by atoms with Gasteiger partial charge < -0.3 is 70.8 Å². The van der Waals surface area contributed by atoms with Crippen molar-refractivity contribution in [2.45, 2.75) is 155 Å². The highest BCUT2D eigenvalue weighted by molar-refractivity contribution is 5.96. The number of carboxylic acids is 2. The smallest absolute Gasteiger partial charge is 0.411 e. The van der Waals surface area contributed by atoms with Crippen molar-refractivity contribution in [2.24, 2.45) is 11.3 Å². The minimum absolute atomic E-state index is 0.0741. The Morgan fingerprint density at radius 1 is 0.784 bits per heavy atom. The lowest BCUT2D eigenvalue weighted by molar-refractivity contribution is -0.271. The van der Waals surface area contributed by atoms with E-state index >= 15 is 0 Å². The highest BCUT2D eigenvalue weighted by atomic mass is 16.7. The predicted molar refractivity (Wildman–Crippen MR) is 326 cm³/mol. The van der Waals surface area contributed by atoms with Crippen molar-refractivity contribution in [2.75, 3.05) is 36.2 Å². The summed E-state index contributed by atoms with van der Waals surface area (Å²) >= 11 is 0. The normalized spacial score (nSPS) is 18.5. The van der Waals surface area contributed by atoms with Gasteiger partial charge in [0.2, 0.25) is 35.8 Å². The molecule has 1 fully saturated rings. The second kappa shape index (κ2) is 30.3. The number of aliphatic hydroxyl groups excluding tert-OH is 3. The number of amides is 6. The van der Waals surface area contributed by atoms with Gasteiger partial charge in [-0.1, -0.05) is 115 Å². The Morgan fingerprint density at radius 3 is 2.12 bits per heavy atom. The second-order valence-electron chi connectivity index (χ2n) is 23.8. The summed E-state index contributed by atoms with van der Waals surface area (Å²) in [5, 5.41) is 64.8. The summed E-state index contributed by atoms with van der Waals surface area (Å²) < 4.78 is 16.7. The summed E-state index contributed by atoms with van der Waals surface area (Å²) in [6, 6.07) is 23.4. The minimum Gasteiger partial charge on any atom is -0.479 e. The Kier molecular flexibility index (Phi) is 23.6. The number of carbonyl (C=O) groups is 8. The number of nitrogens with zero attached hydrogens (tertiary/aromatic N) is 2. The molecule has 10 N–H and O–H groups in total. The topological polar surface area (TPSA) is 332 Å². The summed E-state index contributed by atoms with van der Waals surface area (Å²) in [7, 11) is 3.19. The summed E-state index contributed by atoms with van der Waals surface area (Å²) in [6.45, 7) is 14.1. The summed E-state index contributed by atoms with van der Waals surface area (Å²) in [4.78, 5) is 109. The molecule has 1 saturated heterocycles. The number of nitrogens with one attached hydrogen (secondary N) is 5. The van der Waals surface area contributed by atoms with Crippen molar-refractivity contribution in [3.8, 4) is 17.6 Å². The van der Waals surface area contributed by atoms with Crippen LogP contribution < -0.4 is 36.2 Å². The number of ether oxygens (including phenoxy) is 3. The van der Waals surface area contributed by atoms with Crippen molar-refractivity contribution < 1.29 is 78.1 Å². The van der Waals surface area contributed by atoms with Gasteiger partial charge in [-0.2, -0.15) is 0 Å². The standard InChI is InChI=1S/C65H81N7O16/c1-37(2)47(32-38(3)60(81)82)71(10)59(80)57(64(4,5)6)70-58(79)56(66-9)65(7,8)43-21-17-22-44(34-43)68-63(85)86-36-39-26-29-48(87-62-54(78)52(76)53(77)55(88-62)61(83)84)45(33-39)69-50(74)30-31-67-49(73)24-15-16-25-51(75)72-35-42-20-12-11-18-40(42)27-28-41-19-13-14-23-46(41)72/h11-14,17-23,26,29,32-34,37,47,52-57,62,66,76-78H,15-16,24-25,30-31,35-36H2,1-10H3,(H,67,73)(H,68,85)(H,69,74)(H,70,79)(H,81,82)(H,83,84)/b38-32+/t47-,52?,53?,54?,55?,56-,57-,62?/m1/s1. The van der Waals surface area contributed by atoms with Gasteiger partial charge in [0.15, 0.2) is 6.10 Å². The van der Waals surface area contributed by atoms with Crippen LogP contribution in [0.2, 0.25) is 0 Å². The first kappa shape index (κ1) is 68.5. The Morgan fingerprint density at radius 2 is 1.45 bits per heavy atom. The van der Waals surface area contributed by atoms with E-state index in [1.807, 2.05) is 97.0 Å². The maximum Gasteiger partial charge on any atom is 0.411 e. The van der Waals surface area contributed by atoms with E-state index in [2.05, 4.69) is 38.4 Å². The molecule has 0 spiro atoms. The molecule has 8 atom stereocenters. The van der Waals surface area contributed by atoms with E-state index in [4.69, 9.17) is 14.2 Å². The molecule has 23 nitrogen and oxygen atoms in total. The van der Waals surface area contributed by atoms with Gasteiger partial charge in [0.25, 0.3) is 0 Å². The second-order valence-corrected chi connectivity index (χ2v) is 23.8. The van der Waals surface area contributed by atoms with E-state index in [1.54, 1.807) is 43.3 Å². The fourth-order valence-corrected chi connectivity index (χ4v) is 10.3. The van der Waals surface area contributed by atoms with E-state index < -0.39 is 95.4 Å². The lowest BCUT2D eigenvalue weighted by atomic mass is 9.76. The zero-order valence-electron chi connectivity index (χ0n) is 51.2. The van der Waals surface area contributed by atoms with Gasteiger partial charge in [-0.15, -0.1) is 0 Å². The molecule has 4 aromatic carbocycles. The molecule has 0 saturated carbocycles. The molecule has 88 heavy (non-hydrogen) atoms. The molecule has 6 rings (SSSR count). The van der Waals surface area contributed by atoms with Gasteiger partial charge in [0, 0.05) is 60.7 Å². The number of aliphatic carboxylic acids is 2. The molecule has 0 bridgehead atoms. The number of anilines is 3. The van der Waals surface area contributed by atoms with Crippen LogP contribution in [0.5, 0.6) is 5.75 Å². The van der Waals surface area contributed by atoms with Gasteiger partial charge in [-0.05, 0) is 97.3 Å². The monoisotopic (exact) mass is 1220 g/mol. The zero-order chi connectivity index (χ0) is 64.8. The molecule has 0 aromatic heterocycles. The van der Waals surface area contributed by atoms with E-state index in [9.17, 15) is 63.9 Å². The van der Waals surface area contributed by atoms with Crippen LogP contribution in [0, 0.1) is 23.2 Å². The Bertz CT molecular complexity index is 3310. The number of likely N-dealkylation sites (N-methyl/N-ethyl adjacent to an activating group) is 2. The number of para-hydroxylation sites is 1. The number of hydrogen-bond acceptors (Lipinski definition) is 15. The van der Waals surface area contributed by atoms with Crippen LogP contribution in [0.3, 0.4) is 0 Å². The first-order valence-corrected chi connectivity index (χ1v) is 29.0. The largest absolute Gasteiger partial charge is 0.479 e. The maximum atomic E-state index is 14.3. The fourth-order valence-electron chi connectivity index (χ4n) is 10.3. The Labute approximate surface area is 512 Å². The quantitative estimate of drug-likeness (QED) is 0.0220. The molecule has 2 aliphatic heterocycles. The number of unbranched alkanes of at least 4 members (excludes halogenated alkanes) is 1. The third-order valence-corrected chi connectivity index (χ3v) is 15.4. The Hall–Kier alpha value is -8.66. The molecule has 0 aliphatic carbocycles. The molecular formula is C65H81N7O16. The number of carbonyl (C=O) groups excluding carboxylic acids is 6. The molecular weight excluding hydrogens is 1130 g/mol. The third kappa shape index (κ3) is 17.8. The first-order chi connectivity index (χ1) is 41.5. The van der Waals surface area contributed by atoms with Crippen LogP contribution in [-0.4, -0.2) is 147 Å². The van der Waals surface area contributed by atoms with Gasteiger partial charge in [0.1, 0.15) is 36.7 Å². The molecule has 4 aromatic rings. The average molecular weight is 1220 g/mol. The van der Waals surface area contributed by atoms with E-state index in [0.29, 0.717) is 41.9 Å². The third-order valence-electron chi connectivity index (χ3n) is 15.4. The Balaban J connectivity index is 1.08. The SMILES string of the molecule is CN[C@H](C(=O)N[C@H](C(=O)N(C)[C@H](/C=C(\C)C(=O)O)C(C)C)C(C)(C)C)C(C)(C)c1cccc(NC(=O)OCc2ccc(OC3OC(C(=O)O)C(O)C(O)C3O)c(NC(=O)CCNC(=O)CCCCC(=O)N3Cc4ccccc4C#Cc4ccccc43)c2)c1. The molecule has 5 unspecified atom stereocenters. The number of rotatable bonds is 25. The number of hydrogen-bond donors (Lipinski definition) is 10. The maximum absolute atomic E-state index is 14.3. The predicted octanol–water partition coefficient (Wildman–Crippen LogP) is 5.57. The van der Waals surface area contributed by atoms with Crippen LogP contribution in [0.15, 0.2) is 103 Å². The summed E-state index contributed by atoms with van der Waals surface area (Å²) in [5.41, 5.74) is 2.66. The van der Waals surface area contributed by atoms with Crippen molar-refractivity contribution in [3.05, 3.63) is 130 Å². The fraction of sp³-hybridized carbons (Fsp3) is 0.446. The summed E-state index contributed by atoms with van der Waals surface area (Å²) in [6.07, 6.45) is -8.38. The number of benzene rings is 4. The van der Waals surface area contributed by atoms with E-state index in [0.717, 1.165) is 16.7 Å². The van der Waals surface area contributed by atoms with Gasteiger partial charge in [0.05, 0.1) is 30.0 Å². The van der Waals surface area contributed by atoms with Crippen LogP contribution in [0.4, 0.5) is 21.9 Å². The molecule has 2 aliphatic rings. The highest BCUT2D eigenvalue weighted by Gasteiger charge is 2.48. The van der Waals surface area contributed by atoms with E-state index in [-0.39, 0.29) is 67.2 Å². The first-order valence-electron chi connectivity index (χ1n) is 29.0. The average Bonchev–Trinajstić information content (AvgIpc) is 2.61. The molecule has 472 valence electrons. The van der Waals surface area contributed by atoms with Crippen molar-refractivity contribution in [1.29, 1.82) is 0 Å². The lowest BCUT2D eigenvalue weighted by Gasteiger charge is -2.40. The van der Waals surface area contributed by atoms with Crippen LogP contribution in [0.25, 0.3) is 0 Å². The van der Waals surface area contributed by atoms with Gasteiger partial charge in [-0.25, -0.2) is 14.4 Å². The molecule has 6 amide bonds. The number of carboxylic acid groups (broad SMARTS) is 2. The highest BCUT2D eigenvalue weighted by Crippen LogP contribution is 2.34. The zero-order valence-corrected chi connectivity index (χ0v) is 51.2. The van der Waals surface area contributed by atoms with Crippen molar-refractivity contribution in [3.63, 3.8) is 0 Å². The number of fused-ring (bicyclic) bond motifs is 2. The molecule has 0 radical (unpaired) electrons. The van der Waals surface area contributed by atoms with E-state index in [1.165, 1.54) is 36.1 Å². The van der Waals surface area contributed by atoms with Crippen LogP contribution in [-0.2, 0) is 61.6 Å². The van der Waals surface area contributed by atoms with Crippen molar-refractivity contribution in [1.82, 2.24) is 20.9 Å². The van der Waals surface area contributed by atoms with Crippen molar-refractivity contribution >= 4 is 64.6 Å². The summed E-state index contributed by atoms with van der Waals surface area (Å²) in [5.74, 6) is 1.27. The lowest BCUT2D eigenvalue weighted by Crippen LogP contribution is -2.61. The van der Waals surface area contributed by atoms with Crippen LogP contribution in [0.1, 0.15) is 115 Å². The van der Waals surface area contributed by atoms with Gasteiger partial charge in [-0.3, -0.25) is 29.3 Å².